The van der Waals surface area contributed by atoms with Gasteiger partial charge in [-0.2, -0.15) is 0 Å². The molecule has 0 saturated carbocycles. The van der Waals surface area contributed by atoms with Crippen LogP contribution in [0.1, 0.15) is 18.4 Å². The van der Waals surface area contributed by atoms with Crippen molar-refractivity contribution in [2.24, 2.45) is 5.92 Å². The van der Waals surface area contributed by atoms with Gasteiger partial charge in [0.1, 0.15) is 5.75 Å². The molecule has 2 aromatic carbocycles. The number of carbonyl (C=O) groups is 1. The number of anilines is 1. The van der Waals surface area contributed by atoms with E-state index in [1.54, 1.807) is 12.4 Å². The number of halogens is 1. The standard InChI is InChI=1S/C23H23ClN4O2/c24-20-11-5-4-7-17(20)15-27-22(29)18-8-6-14-28(16-18)21-23(26-13-12-25-21)30-19-9-2-1-3-10-19/h1-5,7,9-13,18H,6,8,14-16H2,(H,27,29)/t18-/m0/s1. The van der Waals surface area contributed by atoms with Crippen LogP contribution in [0.15, 0.2) is 67.0 Å². The third-order valence-corrected chi connectivity index (χ3v) is 5.48. The highest BCUT2D eigenvalue weighted by Gasteiger charge is 2.28. The van der Waals surface area contributed by atoms with Gasteiger partial charge in [0.15, 0.2) is 5.82 Å². The molecule has 1 aliphatic heterocycles. The number of ether oxygens (including phenoxy) is 1. The summed E-state index contributed by atoms with van der Waals surface area (Å²) in [7, 11) is 0. The molecule has 3 aromatic rings. The molecule has 1 amide bonds. The van der Waals surface area contributed by atoms with Crippen LogP contribution in [-0.4, -0.2) is 29.0 Å². The fourth-order valence-electron chi connectivity index (χ4n) is 3.56. The highest BCUT2D eigenvalue weighted by atomic mass is 35.5. The number of hydrogen-bond donors (Lipinski definition) is 1. The Morgan fingerprint density at radius 2 is 1.87 bits per heavy atom. The first-order valence-electron chi connectivity index (χ1n) is 10.0. The van der Waals surface area contributed by atoms with Gasteiger partial charge in [0.25, 0.3) is 5.88 Å². The highest BCUT2D eigenvalue weighted by Crippen LogP contribution is 2.31. The average Bonchev–Trinajstić information content (AvgIpc) is 2.79. The van der Waals surface area contributed by atoms with Gasteiger partial charge < -0.3 is 15.0 Å². The van der Waals surface area contributed by atoms with Gasteiger partial charge in [0, 0.05) is 37.1 Å². The molecule has 4 rings (SSSR count). The first-order chi connectivity index (χ1) is 14.7. The number of nitrogens with zero attached hydrogens (tertiary/aromatic N) is 3. The molecule has 6 nitrogen and oxygen atoms in total. The van der Waals surface area contributed by atoms with Crippen molar-refractivity contribution in [3.63, 3.8) is 0 Å². The van der Waals surface area contributed by atoms with E-state index >= 15 is 0 Å². The molecule has 0 bridgehead atoms. The number of piperidine rings is 1. The van der Waals surface area contributed by atoms with Crippen molar-refractivity contribution in [1.82, 2.24) is 15.3 Å². The summed E-state index contributed by atoms with van der Waals surface area (Å²) in [6.45, 7) is 1.79. The van der Waals surface area contributed by atoms with E-state index in [2.05, 4.69) is 20.2 Å². The van der Waals surface area contributed by atoms with Crippen LogP contribution in [0.3, 0.4) is 0 Å². The molecule has 2 heterocycles. The van der Waals surface area contributed by atoms with Crippen LogP contribution in [0.4, 0.5) is 5.82 Å². The minimum absolute atomic E-state index is 0.0223. The van der Waals surface area contributed by atoms with Gasteiger partial charge in [-0.15, -0.1) is 0 Å². The van der Waals surface area contributed by atoms with Crippen LogP contribution in [0.2, 0.25) is 5.02 Å². The predicted molar refractivity (Wildman–Crippen MR) is 117 cm³/mol. The molecule has 1 atom stereocenters. The zero-order valence-electron chi connectivity index (χ0n) is 16.5. The zero-order chi connectivity index (χ0) is 20.8. The van der Waals surface area contributed by atoms with Gasteiger partial charge in [-0.05, 0) is 36.6 Å². The van der Waals surface area contributed by atoms with E-state index < -0.39 is 0 Å². The Hall–Kier alpha value is -3.12. The second-order valence-electron chi connectivity index (χ2n) is 7.19. The molecule has 0 spiro atoms. The summed E-state index contributed by atoms with van der Waals surface area (Å²) in [5, 5.41) is 3.68. The van der Waals surface area contributed by atoms with E-state index in [0.29, 0.717) is 35.6 Å². The van der Waals surface area contributed by atoms with Gasteiger partial charge in [-0.3, -0.25) is 4.79 Å². The predicted octanol–water partition coefficient (Wildman–Crippen LogP) is 4.46. The number of nitrogens with one attached hydrogen (secondary N) is 1. The summed E-state index contributed by atoms with van der Waals surface area (Å²) >= 11 is 6.19. The number of rotatable bonds is 6. The number of amides is 1. The SMILES string of the molecule is O=C(NCc1ccccc1Cl)[C@H]1CCCN(c2nccnc2Oc2ccccc2)C1. The fourth-order valence-corrected chi connectivity index (χ4v) is 3.76. The molecule has 7 heteroatoms. The quantitative estimate of drug-likeness (QED) is 0.635. The number of carbonyl (C=O) groups excluding carboxylic acids is 1. The van der Waals surface area contributed by atoms with E-state index in [0.717, 1.165) is 24.9 Å². The van der Waals surface area contributed by atoms with Gasteiger partial charge >= 0.3 is 0 Å². The molecular formula is C23H23ClN4O2. The highest BCUT2D eigenvalue weighted by molar-refractivity contribution is 6.31. The first kappa shape index (κ1) is 20.2. The minimum atomic E-state index is -0.132. The van der Waals surface area contributed by atoms with E-state index in [1.165, 1.54) is 0 Å². The van der Waals surface area contributed by atoms with Gasteiger partial charge in [-0.1, -0.05) is 48.0 Å². The smallest absolute Gasteiger partial charge is 0.263 e. The van der Waals surface area contributed by atoms with Crippen molar-refractivity contribution in [3.05, 3.63) is 77.6 Å². The third kappa shape index (κ3) is 4.89. The summed E-state index contributed by atoms with van der Waals surface area (Å²) in [6, 6.07) is 17.0. The molecule has 1 aromatic heterocycles. The third-order valence-electron chi connectivity index (χ3n) is 5.11. The minimum Gasteiger partial charge on any atom is -0.436 e. The lowest BCUT2D eigenvalue weighted by Crippen LogP contribution is -2.43. The summed E-state index contributed by atoms with van der Waals surface area (Å²) in [5.41, 5.74) is 0.910. The van der Waals surface area contributed by atoms with Crippen LogP contribution < -0.4 is 15.0 Å². The molecular weight excluding hydrogens is 400 g/mol. The Morgan fingerprint density at radius 1 is 1.10 bits per heavy atom. The largest absolute Gasteiger partial charge is 0.436 e. The summed E-state index contributed by atoms with van der Waals surface area (Å²) in [4.78, 5) is 23.7. The normalized spacial score (nSPS) is 16.2. The van der Waals surface area contributed by atoms with E-state index in [1.807, 2.05) is 54.6 Å². The Kier molecular flexibility index (Phi) is 6.44. The van der Waals surface area contributed by atoms with Gasteiger partial charge in [-0.25, -0.2) is 9.97 Å². The molecule has 0 aliphatic carbocycles. The van der Waals surface area contributed by atoms with Crippen molar-refractivity contribution in [3.8, 4) is 11.6 Å². The number of para-hydroxylation sites is 1. The molecule has 1 N–H and O–H groups in total. The summed E-state index contributed by atoms with van der Waals surface area (Å²) in [5.74, 6) is 1.69. The Bertz CT molecular complexity index is 999. The maximum atomic E-state index is 12.8. The summed E-state index contributed by atoms with van der Waals surface area (Å²) in [6.07, 6.45) is 4.99. The Morgan fingerprint density at radius 3 is 2.70 bits per heavy atom. The van der Waals surface area contributed by atoms with Crippen LogP contribution >= 0.6 is 11.6 Å². The Labute approximate surface area is 180 Å². The lowest BCUT2D eigenvalue weighted by atomic mass is 9.97. The molecule has 0 unspecified atom stereocenters. The average molecular weight is 423 g/mol. The number of hydrogen-bond acceptors (Lipinski definition) is 5. The van der Waals surface area contributed by atoms with Crippen molar-refractivity contribution < 1.29 is 9.53 Å². The maximum Gasteiger partial charge on any atom is 0.263 e. The lowest BCUT2D eigenvalue weighted by molar-refractivity contribution is -0.125. The topological polar surface area (TPSA) is 67.4 Å². The second-order valence-corrected chi connectivity index (χ2v) is 7.60. The van der Waals surface area contributed by atoms with Crippen LogP contribution in [0, 0.1) is 5.92 Å². The van der Waals surface area contributed by atoms with Crippen molar-refractivity contribution in [2.75, 3.05) is 18.0 Å². The second kappa shape index (κ2) is 9.59. The Balaban J connectivity index is 1.43. The molecule has 1 aliphatic rings. The molecule has 30 heavy (non-hydrogen) atoms. The van der Waals surface area contributed by atoms with E-state index in [9.17, 15) is 4.79 Å². The molecule has 154 valence electrons. The van der Waals surface area contributed by atoms with Crippen molar-refractivity contribution in [2.45, 2.75) is 19.4 Å². The maximum absolute atomic E-state index is 12.8. The zero-order valence-corrected chi connectivity index (χ0v) is 17.3. The number of aromatic nitrogens is 2. The van der Waals surface area contributed by atoms with Gasteiger partial charge in [0.2, 0.25) is 5.91 Å². The van der Waals surface area contributed by atoms with Crippen LogP contribution in [-0.2, 0) is 11.3 Å². The number of benzene rings is 2. The molecule has 1 saturated heterocycles. The van der Waals surface area contributed by atoms with Crippen molar-refractivity contribution in [1.29, 1.82) is 0 Å². The van der Waals surface area contributed by atoms with Crippen LogP contribution in [0.5, 0.6) is 11.6 Å². The monoisotopic (exact) mass is 422 g/mol. The van der Waals surface area contributed by atoms with Crippen molar-refractivity contribution >= 4 is 23.3 Å². The van der Waals surface area contributed by atoms with E-state index in [4.69, 9.17) is 16.3 Å². The molecule has 1 fully saturated rings. The van der Waals surface area contributed by atoms with Gasteiger partial charge in [0.05, 0.1) is 5.92 Å². The van der Waals surface area contributed by atoms with E-state index in [-0.39, 0.29) is 11.8 Å². The first-order valence-corrected chi connectivity index (χ1v) is 10.4. The van der Waals surface area contributed by atoms with Crippen LogP contribution in [0.25, 0.3) is 0 Å². The summed E-state index contributed by atoms with van der Waals surface area (Å²) < 4.78 is 5.95. The fraction of sp³-hybridized carbons (Fsp3) is 0.261. The molecule has 0 radical (unpaired) electrons. The lowest BCUT2D eigenvalue weighted by Gasteiger charge is -2.33.